The molecule has 1 rings (SSSR count). The summed E-state index contributed by atoms with van der Waals surface area (Å²) in [6.45, 7) is 3.74. The molecule has 78 valence electrons. The molecule has 0 bridgehead atoms. The van der Waals surface area contributed by atoms with Crippen molar-refractivity contribution in [3.05, 3.63) is 23.4 Å². The molecule has 14 heavy (non-hydrogen) atoms. The Morgan fingerprint density at radius 1 is 1.36 bits per heavy atom. The van der Waals surface area contributed by atoms with Crippen molar-refractivity contribution in [2.24, 2.45) is 0 Å². The minimum absolute atomic E-state index is 0.138. The van der Waals surface area contributed by atoms with Gasteiger partial charge in [0.15, 0.2) is 0 Å². The first-order chi connectivity index (χ1) is 6.45. The number of rotatable bonds is 2. The third-order valence-electron chi connectivity index (χ3n) is 1.72. The molecule has 0 unspecified atom stereocenters. The van der Waals surface area contributed by atoms with Crippen molar-refractivity contribution in [2.45, 2.75) is 20.0 Å². The molecule has 1 heterocycles. The quantitative estimate of drug-likeness (QED) is 0.801. The normalized spacial score (nSPS) is 11.5. The molecule has 2 nitrogen and oxygen atoms in total. The van der Waals surface area contributed by atoms with Gasteiger partial charge in [-0.05, 0) is 25.5 Å². The molecule has 0 aromatic carbocycles. The van der Waals surface area contributed by atoms with Crippen molar-refractivity contribution in [3.8, 4) is 0 Å². The van der Waals surface area contributed by atoms with E-state index in [0.717, 1.165) is 0 Å². The van der Waals surface area contributed by atoms with Gasteiger partial charge in [-0.15, -0.1) is 0 Å². The van der Waals surface area contributed by atoms with Crippen LogP contribution in [-0.4, -0.2) is 11.5 Å². The van der Waals surface area contributed by atoms with Gasteiger partial charge in [0.25, 0.3) is 0 Å². The molecule has 0 amide bonds. The molecule has 0 aliphatic rings. The van der Waals surface area contributed by atoms with Gasteiger partial charge in [0.05, 0.1) is 0 Å². The van der Waals surface area contributed by atoms with E-state index in [9.17, 15) is 13.2 Å². The van der Waals surface area contributed by atoms with E-state index in [1.807, 2.05) is 0 Å². The number of aromatic nitrogens is 1. The van der Waals surface area contributed by atoms with Crippen LogP contribution < -0.4 is 5.32 Å². The van der Waals surface area contributed by atoms with Crippen molar-refractivity contribution in [1.29, 1.82) is 0 Å². The fourth-order valence-electron chi connectivity index (χ4n) is 1.10. The standard InChI is InChI=1S/C9H11F3N2/c1-3-13-7-5-4-6(2)8(14-7)9(10,11)12/h4-5H,3H2,1-2H3,(H,13,14). The van der Waals surface area contributed by atoms with E-state index >= 15 is 0 Å². The number of nitrogens with one attached hydrogen (secondary N) is 1. The van der Waals surface area contributed by atoms with E-state index in [2.05, 4.69) is 10.3 Å². The smallest absolute Gasteiger partial charge is 0.370 e. The molecule has 1 aromatic heterocycles. The summed E-state index contributed by atoms with van der Waals surface area (Å²) in [5.41, 5.74) is -0.685. The highest BCUT2D eigenvalue weighted by atomic mass is 19.4. The lowest BCUT2D eigenvalue weighted by Gasteiger charge is -2.11. The maximum atomic E-state index is 12.4. The summed E-state index contributed by atoms with van der Waals surface area (Å²) in [5.74, 6) is 0.255. The number of aryl methyl sites for hydroxylation is 1. The highest BCUT2D eigenvalue weighted by molar-refractivity contribution is 5.39. The Morgan fingerprint density at radius 3 is 2.50 bits per heavy atom. The van der Waals surface area contributed by atoms with Gasteiger partial charge in [0, 0.05) is 6.54 Å². The highest BCUT2D eigenvalue weighted by Crippen LogP contribution is 2.30. The summed E-state index contributed by atoms with van der Waals surface area (Å²) in [6, 6.07) is 2.95. The van der Waals surface area contributed by atoms with Crippen LogP contribution in [0.3, 0.4) is 0 Å². The first-order valence-electron chi connectivity index (χ1n) is 4.24. The molecule has 0 aliphatic heterocycles. The van der Waals surface area contributed by atoms with Crippen LogP contribution in [0, 0.1) is 6.92 Å². The third-order valence-corrected chi connectivity index (χ3v) is 1.72. The summed E-state index contributed by atoms with van der Waals surface area (Å²) in [4.78, 5) is 3.50. The van der Waals surface area contributed by atoms with E-state index in [1.54, 1.807) is 6.92 Å². The number of pyridine rings is 1. The van der Waals surface area contributed by atoms with Gasteiger partial charge in [-0.1, -0.05) is 6.07 Å². The Kier molecular flexibility index (Phi) is 2.98. The minimum atomic E-state index is -4.38. The molecule has 0 saturated carbocycles. The topological polar surface area (TPSA) is 24.9 Å². The fourth-order valence-corrected chi connectivity index (χ4v) is 1.10. The Morgan fingerprint density at radius 2 is 2.00 bits per heavy atom. The van der Waals surface area contributed by atoms with E-state index in [1.165, 1.54) is 19.1 Å². The predicted octanol–water partition coefficient (Wildman–Crippen LogP) is 2.84. The zero-order valence-electron chi connectivity index (χ0n) is 7.94. The second kappa shape index (κ2) is 3.86. The van der Waals surface area contributed by atoms with Crippen molar-refractivity contribution in [1.82, 2.24) is 4.98 Å². The fraction of sp³-hybridized carbons (Fsp3) is 0.444. The number of hydrogen-bond donors (Lipinski definition) is 1. The van der Waals surface area contributed by atoms with Gasteiger partial charge < -0.3 is 5.32 Å². The van der Waals surface area contributed by atoms with Gasteiger partial charge in [-0.25, -0.2) is 4.98 Å². The molecule has 0 saturated heterocycles. The van der Waals surface area contributed by atoms with E-state index in [4.69, 9.17) is 0 Å². The maximum Gasteiger partial charge on any atom is 0.433 e. The minimum Gasteiger partial charge on any atom is -0.370 e. The molecule has 0 atom stereocenters. The van der Waals surface area contributed by atoms with Crippen LogP contribution in [0.15, 0.2) is 12.1 Å². The number of alkyl halides is 3. The summed E-state index contributed by atoms with van der Waals surface area (Å²) in [6.07, 6.45) is -4.38. The van der Waals surface area contributed by atoms with Crippen LogP contribution in [0.4, 0.5) is 19.0 Å². The van der Waals surface area contributed by atoms with Crippen LogP contribution in [0.5, 0.6) is 0 Å². The average Bonchev–Trinajstić information content (AvgIpc) is 2.07. The van der Waals surface area contributed by atoms with Gasteiger partial charge in [0.1, 0.15) is 11.5 Å². The summed E-state index contributed by atoms with van der Waals surface area (Å²) in [5, 5.41) is 2.74. The highest BCUT2D eigenvalue weighted by Gasteiger charge is 2.34. The molecule has 0 aliphatic carbocycles. The lowest BCUT2D eigenvalue weighted by atomic mass is 10.2. The van der Waals surface area contributed by atoms with Gasteiger partial charge >= 0.3 is 6.18 Å². The van der Waals surface area contributed by atoms with Crippen LogP contribution in [-0.2, 0) is 6.18 Å². The number of nitrogens with zero attached hydrogens (tertiary/aromatic N) is 1. The van der Waals surface area contributed by atoms with E-state index in [0.29, 0.717) is 6.54 Å². The third kappa shape index (κ3) is 2.37. The van der Waals surface area contributed by atoms with E-state index < -0.39 is 11.9 Å². The molecule has 1 aromatic rings. The lowest BCUT2D eigenvalue weighted by molar-refractivity contribution is -0.141. The number of anilines is 1. The predicted molar refractivity (Wildman–Crippen MR) is 48.1 cm³/mol. The monoisotopic (exact) mass is 204 g/mol. The van der Waals surface area contributed by atoms with Crippen molar-refractivity contribution < 1.29 is 13.2 Å². The van der Waals surface area contributed by atoms with Crippen molar-refractivity contribution >= 4 is 5.82 Å². The van der Waals surface area contributed by atoms with Gasteiger partial charge in [-0.2, -0.15) is 13.2 Å². The maximum absolute atomic E-state index is 12.4. The first kappa shape index (κ1) is 10.8. The molecule has 0 spiro atoms. The Balaban J connectivity index is 3.09. The van der Waals surface area contributed by atoms with Crippen LogP contribution in [0.2, 0.25) is 0 Å². The molecular formula is C9H11F3N2. The first-order valence-corrected chi connectivity index (χ1v) is 4.24. The Labute approximate surface area is 80.2 Å². The average molecular weight is 204 g/mol. The zero-order valence-corrected chi connectivity index (χ0v) is 7.94. The van der Waals surface area contributed by atoms with Crippen LogP contribution in [0.25, 0.3) is 0 Å². The second-order valence-electron chi connectivity index (χ2n) is 2.89. The summed E-state index contributed by atoms with van der Waals surface area (Å²) < 4.78 is 37.1. The van der Waals surface area contributed by atoms with Crippen molar-refractivity contribution in [3.63, 3.8) is 0 Å². The molecular weight excluding hydrogens is 193 g/mol. The number of hydrogen-bond acceptors (Lipinski definition) is 2. The molecule has 0 radical (unpaired) electrons. The Bertz CT molecular complexity index is 320. The van der Waals surface area contributed by atoms with E-state index in [-0.39, 0.29) is 11.4 Å². The zero-order chi connectivity index (χ0) is 10.8. The van der Waals surface area contributed by atoms with Crippen molar-refractivity contribution in [2.75, 3.05) is 11.9 Å². The summed E-state index contributed by atoms with van der Waals surface area (Å²) >= 11 is 0. The molecule has 0 fully saturated rings. The molecule has 5 heteroatoms. The van der Waals surface area contributed by atoms with Crippen LogP contribution >= 0.6 is 0 Å². The van der Waals surface area contributed by atoms with Gasteiger partial charge in [0.2, 0.25) is 0 Å². The lowest BCUT2D eigenvalue weighted by Crippen LogP contribution is -2.12. The Hall–Kier alpha value is -1.26. The SMILES string of the molecule is CCNc1ccc(C)c(C(F)(F)F)n1. The number of halogens is 3. The summed E-state index contributed by atoms with van der Waals surface area (Å²) in [7, 11) is 0. The largest absolute Gasteiger partial charge is 0.433 e. The van der Waals surface area contributed by atoms with Crippen LogP contribution in [0.1, 0.15) is 18.2 Å². The molecule has 1 N–H and O–H groups in total. The second-order valence-corrected chi connectivity index (χ2v) is 2.89. The van der Waals surface area contributed by atoms with Gasteiger partial charge in [-0.3, -0.25) is 0 Å².